The molecule has 0 spiro atoms. The van der Waals surface area contributed by atoms with E-state index in [1.54, 1.807) is 24.3 Å². The first kappa shape index (κ1) is 16.0. The van der Waals surface area contributed by atoms with Crippen molar-refractivity contribution in [3.63, 3.8) is 0 Å². The van der Waals surface area contributed by atoms with Crippen molar-refractivity contribution >= 4 is 34.8 Å². The van der Waals surface area contributed by atoms with Gasteiger partial charge in [0, 0.05) is 31.0 Å². The van der Waals surface area contributed by atoms with Crippen molar-refractivity contribution < 1.29 is 14.3 Å². The summed E-state index contributed by atoms with van der Waals surface area (Å²) >= 11 is 5.85. The van der Waals surface area contributed by atoms with Gasteiger partial charge in [-0.3, -0.25) is 9.59 Å². The lowest BCUT2D eigenvalue weighted by atomic mass is 10.1. The molecule has 1 fully saturated rings. The molecule has 122 valence electrons. The lowest BCUT2D eigenvalue weighted by Crippen LogP contribution is -2.41. The number of hydrazone groups is 1. The van der Waals surface area contributed by atoms with E-state index in [9.17, 15) is 9.59 Å². The molecule has 2 amide bonds. The molecule has 7 heteroatoms. The Hall–Kier alpha value is -1.92. The number of hydrogen-bond donors (Lipinski definition) is 1. The van der Waals surface area contributed by atoms with Crippen LogP contribution in [0.3, 0.4) is 0 Å². The first-order valence-electron chi connectivity index (χ1n) is 7.69. The number of hydrogen-bond acceptors (Lipinski definition) is 4. The molecule has 0 radical (unpaired) electrons. The van der Waals surface area contributed by atoms with Gasteiger partial charge >= 0.3 is 0 Å². The zero-order valence-corrected chi connectivity index (χ0v) is 13.4. The van der Waals surface area contributed by atoms with Crippen molar-refractivity contribution in [2.24, 2.45) is 5.10 Å². The molecule has 3 rings (SSSR count). The third-order valence-corrected chi connectivity index (χ3v) is 4.13. The topological polar surface area (TPSA) is 71.0 Å². The molecule has 0 saturated carbocycles. The summed E-state index contributed by atoms with van der Waals surface area (Å²) in [5.74, 6) is -0.380. The molecule has 0 unspecified atom stereocenters. The molecule has 0 aromatic heterocycles. The smallest absolute Gasteiger partial charge is 0.267 e. The number of amides is 2. The van der Waals surface area contributed by atoms with Gasteiger partial charge in [-0.1, -0.05) is 11.6 Å². The zero-order chi connectivity index (χ0) is 16.2. The summed E-state index contributed by atoms with van der Waals surface area (Å²) in [5, 5.41) is 8.89. The van der Waals surface area contributed by atoms with Crippen LogP contribution >= 0.6 is 11.6 Å². The number of nitrogens with zero attached hydrogens (tertiary/aromatic N) is 2. The number of benzene rings is 1. The zero-order valence-electron chi connectivity index (χ0n) is 12.6. The molecule has 23 heavy (non-hydrogen) atoms. The van der Waals surface area contributed by atoms with Crippen LogP contribution in [0.4, 0.5) is 5.69 Å². The van der Waals surface area contributed by atoms with Gasteiger partial charge in [0.25, 0.3) is 5.91 Å². The van der Waals surface area contributed by atoms with E-state index in [4.69, 9.17) is 16.3 Å². The number of carbonyl (C=O) groups is 2. The van der Waals surface area contributed by atoms with Gasteiger partial charge in [0.1, 0.15) is 5.71 Å². The SMILES string of the molecule is O=C(NC[C@H]1CCCO1)C1=NN(c2ccc(Cl)cc2)C(=O)CC1. The third-order valence-electron chi connectivity index (χ3n) is 3.88. The Labute approximate surface area is 139 Å². The largest absolute Gasteiger partial charge is 0.376 e. The first-order chi connectivity index (χ1) is 11.1. The normalized spacial score (nSPS) is 21.3. The standard InChI is InChI=1S/C16H18ClN3O3/c17-11-3-5-12(6-4-11)20-15(21)8-7-14(19-20)16(22)18-10-13-2-1-9-23-13/h3-6,13H,1-2,7-10H2,(H,18,22)/t13-/m1/s1. The van der Waals surface area contributed by atoms with Crippen LogP contribution in [0.2, 0.25) is 5.02 Å². The van der Waals surface area contributed by atoms with Gasteiger partial charge in [-0.15, -0.1) is 0 Å². The summed E-state index contributed by atoms with van der Waals surface area (Å²) in [6.45, 7) is 1.23. The highest BCUT2D eigenvalue weighted by Gasteiger charge is 2.26. The Morgan fingerprint density at radius 2 is 2.13 bits per heavy atom. The van der Waals surface area contributed by atoms with E-state index < -0.39 is 0 Å². The number of nitrogens with one attached hydrogen (secondary N) is 1. The van der Waals surface area contributed by atoms with Crippen LogP contribution in [0, 0.1) is 0 Å². The quantitative estimate of drug-likeness (QED) is 0.916. The van der Waals surface area contributed by atoms with Gasteiger partial charge in [-0.05, 0) is 37.1 Å². The second kappa shape index (κ2) is 7.10. The molecule has 6 nitrogen and oxygen atoms in total. The third kappa shape index (κ3) is 3.89. The number of anilines is 1. The summed E-state index contributed by atoms with van der Waals surface area (Å²) < 4.78 is 5.48. The van der Waals surface area contributed by atoms with Crippen molar-refractivity contribution in [2.75, 3.05) is 18.2 Å². The predicted molar refractivity (Wildman–Crippen MR) is 87.6 cm³/mol. The van der Waals surface area contributed by atoms with E-state index in [0.29, 0.717) is 29.4 Å². The molecule has 0 aliphatic carbocycles. The van der Waals surface area contributed by atoms with Gasteiger partial charge in [0.15, 0.2) is 0 Å². The summed E-state index contributed by atoms with van der Waals surface area (Å²) in [4.78, 5) is 24.3. The van der Waals surface area contributed by atoms with E-state index in [1.165, 1.54) is 5.01 Å². The summed E-state index contributed by atoms with van der Waals surface area (Å²) in [5.41, 5.74) is 0.959. The molecule has 1 saturated heterocycles. The van der Waals surface area contributed by atoms with Gasteiger partial charge < -0.3 is 10.1 Å². The van der Waals surface area contributed by atoms with Gasteiger partial charge in [0.05, 0.1) is 11.8 Å². The molecule has 2 heterocycles. The van der Waals surface area contributed by atoms with Crippen LogP contribution in [0.15, 0.2) is 29.4 Å². The lowest BCUT2D eigenvalue weighted by Gasteiger charge is -2.23. The Kier molecular flexibility index (Phi) is 4.93. The molecule has 2 aliphatic rings. The Morgan fingerprint density at radius 3 is 2.83 bits per heavy atom. The molecule has 1 aromatic rings. The van der Waals surface area contributed by atoms with Crippen molar-refractivity contribution in [2.45, 2.75) is 31.8 Å². The molecule has 1 aromatic carbocycles. The van der Waals surface area contributed by atoms with Crippen LogP contribution in [-0.4, -0.2) is 36.8 Å². The van der Waals surface area contributed by atoms with Gasteiger partial charge in [0.2, 0.25) is 5.91 Å². The lowest BCUT2D eigenvalue weighted by molar-refractivity contribution is -0.119. The summed E-state index contributed by atoms with van der Waals surface area (Å²) in [6, 6.07) is 6.78. The molecule has 1 atom stereocenters. The minimum absolute atomic E-state index is 0.0807. The fraction of sp³-hybridized carbons (Fsp3) is 0.438. The maximum atomic E-state index is 12.2. The maximum absolute atomic E-state index is 12.2. The highest BCUT2D eigenvalue weighted by molar-refractivity contribution is 6.40. The van der Waals surface area contributed by atoms with Crippen LogP contribution in [-0.2, 0) is 14.3 Å². The maximum Gasteiger partial charge on any atom is 0.267 e. The fourth-order valence-electron chi connectivity index (χ4n) is 2.61. The number of carbonyl (C=O) groups excluding carboxylic acids is 2. The van der Waals surface area contributed by atoms with Crippen LogP contribution in [0.5, 0.6) is 0 Å². The average Bonchev–Trinajstić information content (AvgIpc) is 3.07. The number of rotatable bonds is 4. The summed E-state index contributed by atoms with van der Waals surface area (Å²) in [6.07, 6.45) is 2.68. The van der Waals surface area contributed by atoms with Gasteiger partial charge in [-0.2, -0.15) is 5.10 Å². The summed E-state index contributed by atoms with van der Waals surface area (Å²) in [7, 11) is 0. The van der Waals surface area contributed by atoms with E-state index >= 15 is 0 Å². The highest BCUT2D eigenvalue weighted by atomic mass is 35.5. The number of ether oxygens (including phenoxy) is 1. The van der Waals surface area contributed by atoms with Crippen LogP contribution in [0.25, 0.3) is 0 Å². The monoisotopic (exact) mass is 335 g/mol. The van der Waals surface area contributed by atoms with Crippen molar-refractivity contribution in [1.29, 1.82) is 0 Å². The Balaban J connectivity index is 1.68. The van der Waals surface area contributed by atoms with Crippen LogP contribution < -0.4 is 10.3 Å². The molecular weight excluding hydrogens is 318 g/mol. The Bertz CT molecular complexity index is 624. The van der Waals surface area contributed by atoms with Crippen LogP contribution in [0.1, 0.15) is 25.7 Å². The van der Waals surface area contributed by atoms with E-state index in [0.717, 1.165) is 19.4 Å². The first-order valence-corrected chi connectivity index (χ1v) is 8.07. The second-order valence-electron chi connectivity index (χ2n) is 5.57. The van der Waals surface area contributed by atoms with Crippen molar-refractivity contribution in [3.8, 4) is 0 Å². The molecule has 2 aliphatic heterocycles. The van der Waals surface area contributed by atoms with E-state index in [-0.39, 0.29) is 24.3 Å². The van der Waals surface area contributed by atoms with Crippen molar-refractivity contribution in [3.05, 3.63) is 29.3 Å². The van der Waals surface area contributed by atoms with Crippen molar-refractivity contribution in [1.82, 2.24) is 5.32 Å². The Morgan fingerprint density at radius 1 is 1.35 bits per heavy atom. The molecule has 0 bridgehead atoms. The fourth-order valence-corrected chi connectivity index (χ4v) is 2.74. The highest BCUT2D eigenvalue weighted by Crippen LogP contribution is 2.22. The molecule has 1 N–H and O–H groups in total. The predicted octanol–water partition coefficient (Wildman–Crippen LogP) is 2.12. The second-order valence-corrected chi connectivity index (χ2v) is 6.01. The average molecular weight is 336 g/mol. The number of halogens is 1. The minimum atomic E-state index is -0.244. The van der Waals surface area contributed by atoms with E-state index in [1.807, 2.05) is 0 Å². The minimum Gasteiger partial charge on any atom is -0.376 e. The van der Waals surface area contributed by atoms with E-state index in [2.05, 4.69) is 10.4 Å². The van der Waals surface area contributed by atoms with Gasteiger partial charge in [-0.25, -0.2) is 5.01 Å². The molecular formula is C16H18ClN3O3.